The lowest BCUT2D eigenvalue weighted by Crippen LogP contribution is -2.32. The molecule has 1 aromatic heterocycles. The molecule has 0 saturated carbocycles. The highest BCUT2D eigenvalue weighted by Gasteiger charge is 2.25. The maximum Gasteiger partial charge on any atom is 0.255 e. The lowest BCUT2D eigenvalue weighted by atomic mass is 9.87. The molecule has 1 fully saturated rings. The van der Waals surface area contributed by atoms with Crippen LogP contribution >= 0.6 is 0 Å². The highest BCUT2D eigenvalue weighted by molar-refractivity contribution is 7.89. The Morgan fingerprint density at radius 3 is 2.64 bits per heavy atom. The van der Waals surface area contributed by atoms with Gasteiger partial charge in [-0.3, -0.25) is 4.79 Å². The van der Waals surface area contributed by atoms with Gasteiger partial charge >= 0.3 is 0 Å². The average molecular weight is 466 g/mol. The van der Waals surface area contributed by atoms with Gasteiger partial charge < -0.3 is 10.3 Å². The van der Waals surface area contributed by atoms with Crippen molar-refractivity contribution >= 4 is 32.5 Å². The summed E-state index contributed by atoms with van der Waals surface area (Å²) >= 11 is 0. The van der Waals surface area contributed by atoms with Gasteiger partial charge in [-0.1, -0.05) is 25.8 Å². The number of nitrogens with one attached hydrogen (secondary N) is 2. The largest absolute Gasteiger partial charge is 0.358 e. The molecule has 0 radical (unpaired) electrons. The van der Waals surface area contributed by atoms with E-state index in [1.165, 1.54) is 17.7 Å². The van der Waals surface area contributed by atoms with Crippen molar-refractivity contribution in [2.75, 3.05) is 18.4 Å². The molecule has 1 aliphatic heterocycles. The number of hydrogen-bond acceptors (Lipinski definition) is 3. The highest BCUT2D eigenvalue weighted by Crippen LogP contribution is 2.32. The summed E-state index contributed by atoms with van der Waals surface area (Å²) in [7, 11) is -3.57. The normalized spacial score (nSPS) is 19.7. The van der Waals surface area contributed by atoms with Gasteiger partial charge in [-0.05, 0) is 80.0 Å². The first-order chi connectivity index (χ1) is 15.9. The Bertz CT molecular complexity index is 1290. The Morgan fingerprint density at radius 2 is 1.85 bits per heavy atom. The minimum absolute atomic E-state index is 0.228. The minimum Gasteiger partial charge on any atom is -0.358 e. The van der Waals surface area contributed by atoms with E-state index >= 15 is 0 Å². The molecule has 2 aliphatic rings. The number of rotatable bonds is 4. The van der Waals surface area contributed by atoms with Gasteiger partial charge in [0, 0.05) is 40.9 Å². The van der Waals surface area contributed by atoms with Gasteiger partial charge in [-0.25, -0.2) is 8.42 Å². The number of aromatic nitrogens is 1. The van der Waals surface area contributed by atoms with Crippen molar-refractivity contribution in [1.29, 1.82) is 0 Å². The second kappa shape index (κ2) is 8.95. The maximum absolute atomic E-state index is 13.1. The molecule has 1 saturated heterocycles. The first-order valence-corrected chi connectivity index (χ1v) is 13.4. The number of anilines is 1. The molecule has 174 valence electrons. The van der Waals surface area contributed by atoms with Crippen molar-refractivity contribution < 1.29 is 13.2 Å². The predicted octanol–water partition coefficient (Wildman–Crippen LogP) is 5.11. The zero-order valence-electron chi connectivity index (χ0n) is 19.1. The molecule has 3 aromatic rings. The number of sulfonamides is 1. The fourth-order valence-electron chi connectivity index (χ4n) is 5.10. The number of hydrogen-bond donors (Lipinski definition) is 2. The van der Waals surface area contributed by atoms with Crippen molar-refractivity contribution in [3.05, 3.63) is 59.3 Å². The number of aryl methyl sites for hydroxylation is 1. The second-order valence-corrected chi connectivity index (χ2v) is 11.4. The molecule has 0 bridgehead atoms. The van der Waals surface area contributed by atoms with E-state index in [9.17, 15) is 13.2 Å². The van der Waals surface area contributed by atoms with Crippen LogP contribution in [-0.2, 0) is 22.9 Å². The number of carbonyl (C=O) groups excluding carboxylic acids is 1. The summed E-state index contributed by atoms with van der Waals surface area (Å²) in [6, 6.07) is 12.3. The SMILES string of the molecule is C[C@H]1CCc2[nH]c3ccc(C(=O)Nc4cccc(S(=O)(=O)N5CCCCCC5)c4)cc3c2C1. The van der Waals surface area contributed by atoms with E-state index in [0.717, 1.165) is 49.4 Å². The Kier molecular flexibility index (Phi) is 6.01. The van der Waals surface area contributed by atoms with E-state index in [0.29, 0.717) is 30.3 Å². The van der Waals surface area contributed by atoms with Crippen molar-refractivity contribution in [3.63, 3.8) is 0 Å². The summed E-state index contributed by atoms with van der Waals surface area (Å²) in [5.74, 6) is 0.405. The molecule has 0 spiro atoms. The van der Waals surface area contributed by atoms with Crippen LogP contribution in [0.4, 0.5) is 5.69 Å². The molecular formula is C26H31N3O3S. The smallest absolute Gasteiger partial charge is 0.255 e. The van der Waals surface area contributed by atoms with Gasteiger partial charge in [0.05, 0.1) is 4.90 Å². The molecule has 33 heavy (non-hydrogen) atoms. The summed E-state index contributed by atoms with van der Waals surface area (Å²) < 4.78 is 27.8. The van der Waals surface area contributed by atoms with Crippen molar-refractivity contribution in [3.8, 4) is 0 Å². The van der Waals surface area contributed by atoms with E-state index < -0.39 is 10.0 Å². The van der Waals surface area contributed by atoms with E-state index in [2.05, 4.69) is 17.2 Å². The van der Waals surface area contributed by atoms with Gasteiger partial charge in [0.15, 0.2) is 0 Å². The summed E-state index contributed by atoms with van der Waals surface area (Å²) in [6.07, 6.45) is 7.16. The van der Waals surface area contributed by atoms with Crippen LogP contribution < -0.4 is 5.32 Å². The van der Waals surface area contributed by atoms with Crippen LogP contribution in [0.3, 0.4) is 0 Å². The van der Waals surface area contributed by atoms with Crippen LogP contribution in [0.5, 0.6) is 0 Å². The summed E-state index contributed by atoms with van der Waals surface area (Å²) in [5.41, 5.74) is 4.73. The third kappa shape index (κ3) is 4.44. The lowest BCUT2D eigenvalue weighted by molar-refractivity contribution is 0.102. The fourth-order valence-corrected chi connectivity index (χ4v) is 6.66. The number of aromatic amines is 1. The van der Waals surface area contributed by atoms with Crippen LogP contribution in [-0.4, -0.2) is 36.7 Å². The van der Waals surface area contributed by atoms with Crippen LogP contribution in [0.25, 0.3) is 10.9 Å². The summed E-state index contributed by atoms with van der Waals surface area (Å²) in [5, 5.41) is 4.01. The number of carbonyl (C=O) groups is 1. The molecule has 5 rings (SSSR count). The molecule has 7 heteroatoms. The van der Waals surface area contributed by atoms with Crippen LogP contribution in [0.1, 0.15) is 60.6 Å². The van der Waals surface area contributed by atoms with E-state index in [1.807, 2.05) is 18.2 Å². The topological polar surface area (TPSA) is 82.3 Å². The van der Waals surface area contributed by atoms with Gasteiger partial charge in [-0.2, -0.15) is 4.31 Å². The van der Waals surface area contributed by atoms with Crippen molar-refractivity contribution in [2.45, 2.75) is 56.8 Å². The molecule has 2 heterocycles. The van der Waals surface area contributed by atoms with Gasteiger partial charge in [0.25, 0.3) is 5.91 Å². The second-order valence-electron chi connectivity index (χ2n) is 9.49. The molecular weight excluding hydrogens is 434 g/mol. The van der Waals surface area contributed by atoms with Gasteiger partial charge in [0.1, 0.15) is 0 Å². The fraction of sp³-hybridized carbons (Fsp3) is 0.423. The Balaban J connectivity index is 1.38. The molecule has 1 amide bonds. The molecule has 1 aliphatic carbocycles. The van der Waals surface area contributed by atoms with Gasteiger partial charge in [0.2, 0.25) is 10.0 Å². The standard InChI is InChI=1S/C26H31N3O3S/c1-18-9-11-24-22(15-18)23-16-19(10-12-25(23)28-24)26(30)27-20-7-6-8-21(17-20)33(31,32)29-13-4-2-3-5-14-29/h6-8,10,12,16-18,28H,2-5,9,11,13-15H2,1H3,(H,27,30)/t18-/m0/s1. The Hall–Kier alpha value is -2.64. The van der Waals surface area contributed by atoms with Crippen LogP contribution in [0.15, 0.2) is 47.4 Å². The first kappa shape index (κ1) is 22.2. The minimum atomic E-state index is -3.57. The summed E-state index contributed by atoms with van der Waals surface area (Å²) in [6.45, 7) is 3.38. The van der Waals surface area contributed by atoms with Crippen LogP contribution in [0.2, 0.25) is 0 Å². The molecule has 2 N–H and O–H groups in total. The maximum atomic E-state index is 13.1. The third-order valence-corrected chi connectivity index (χ3v) is 8.89. The van der Waals surface area contributed by atoms with E-state index in [1.54, 1.807) is 28.6 Å². The zero-order valence-corrected chi connectivity index (χ0v) is 19.9. The molecule has 2 aromatic carbocycles. The predicted molar refractivity (Wildman–Crippen MR) is 131 cm³/mol. The molecule has 0 unspecified atom stereocenters. The van der Waals surface area contributed by atoms with Crippen molar-refractivity contribution in [1.82, 2.24) is 9.29 Å². The Labute approximate surface area is 195 Å². The Morgan fingerprint density at radius 1 is 1.06 bits per heavy atom. The lowest BCUT2D eigenvalue weighted by Gasteiger charge is -2.20. The van der Waals surface area contributed by atoms with Crippen LogP contribution in [0, 0.1) is 5.92 Å². The first-order valence-electron chi connectivity index (χ1n) is 12.0. The number of nitrogens with zero attached hydrogens (tertiary/aromatic N) is 1. The quantitative estimate of drug-likeness (QED) is 0.562. The number of benzene rings is 2. The average Bonchev–Trinajstić information content (AvgIpc) is 2.97. The molecule has 1 atom stereocenters. The summed E-state index contributed by atoms with van der Waals surface area (Å²) in [4.78, 5) is 16.8. The zero-order chi connectivity index (χ0) is 23.0. The van der Waals surface area contributed by atoms with Gasteiger partial charge in [-0.15, -0.1) is 0 Å². The van der Waals surface area contributed by atoms with Crippen molar-refractivity contribution in [2.24, 2.45) is 5.92 Å². The number of fused-ring (bicyclic) bond motifs is 3. The van der Waals surface area contributed by atoms with E-state index in [4.69, 9.17) is 0 Å². The van der Waals surface area contributed by atoms with E-state index in [-0.39, 0.29) is 10.8 Å². The third-order valence-electron chi connectivity index (χ3n) is 6.99. The number of H-pyrrole nitrogens is 1. The highest BCUT2D eigenvalue weighted by atomic mass is 32.2. The number of amides is 1. The monoisotopic (exact) mass is 465 g/mol. The molecule has 6 nitrogen and oxygen atoms in total.